The molecule has 0 saturated carbocycles. The number of hydrogen-bond donors (Lipinski definition) is 2. The first kappa shape index (κ1) is 13.6. The van der Waals surface area contributed by atoms with Gasteiger partial charge in [0.05, 0.1) is 10.5 Å². The smallest absolute Gasteiger partial charge is 0.272 e. The van der Waals surface area contributed by atoms with Gasteiger partial charge in [0.25, 0.3) is 5.91 Å². The number of carbonyl (C=O) groups excluding carboxylic acids is 1. The zero-order valence-corrected chi connectivity index (χ0v) is 11.2. The first-order chi connectivity index (χ1) is 7.95. The van der Waals surface area contributed by atoms with Crippen LogP contribution in [0.3, 0.4) is 0 Å². The van der Waals surface area contributed by atoms with Gasteiger partial charge in [-0.3, -0.25) is 9.48 Å². The molecule has 1 aromatic rings. The lowest BCUT2D eigenvalue weighted by molar-refractivity contribution is 0.0914. The number of nitrogens with zero attached hydrogens (tertiary/aromatic N) is 2. The van der Waals surface area contributed by atoms with Crippen LogP contribution in [0.25, 0.3) is 0 Å². The fraction of sp³-hybridized carbons (Fsp3) is 0.545. The van der Waals surface area contributed by atoms with Crippen LogP contribution in [0, 0.1) is 0 Å². The number of carbonyl (C=O) groups is 1. The van der Waals surface area contributed by atoms with Crippen LogP contribution in [-0.2, 0) is 7.05 Å². The van der Waals surface area contributed by atoms with E-state index < -0.39 is 5.54 Å². The predicted molar refractivity (Wildman–Crippen MR) is 70.8 cm³/mol. The SMILES string of the molecule is CCC(CC)(NC(=O)c1ccn(C)n1)C(N)=S. The number of nitrogens with two attached hydrogens (primary N) is 1. The summed E-state index contributed by atoms with van der Waals surface area (Å²) in [5, 5.41) is 6.92. The summed E-state index contributed by atoms with van der Waals surface area (Å²) in [6.07, 6.45) is 3.05. The fourth-order valence-corrected chi connectivity index (χ4v) is 1.99. The standard InChI is InChI=1S/C11H18N4OS/c1-4-11(5-2,10(12)17)13-9(16)8-6-7-15(3)14-8/h6-7H,4-5H2,1-3H3,(H2,12,17)(H,13,16). The number of hydrogen-bond acceptors (Lipinski definition) is 3. The maximum atomic E-state index is 12.0. The van der Waals surface area contributed by atoms with Crippen molar-refractivity contribution < 1.29 is 4.79 Å². The van der Waals surface area contributed by atoms with Crippen LogP contribution in [0.2, 0.25) is 0 Å². The van der Waals surface area contributed by atoms with E-state index in [2.05, 4.69) is 10.4 Å². The Hall–Kier alpha value is -1.43. The molecule has 3 N–H and O–H groups in total. The van der Waals surface area contributed by atoms with Gasteiger partial charge in [-0.15, -0.1) is 0 Å². The molecule has 17 heavy (non-hydrogen) atoms. The second-order valence-corrected chi connectivity index (χ2v) is 4.42. The fourth-order valence-electron chi connectivity index (χ4n) is 1.65. The first-order valence-electron chi connectivity index (χ1n) is 5.57. The molecule has 0 spiro atoms. The Balaban J connectivity index is 2.88. The van der Waals surface area contributed by atoms with Crippen molar-refractivity contribution in [2.45, 2.75) is 32.2 Å². The Morgan fingerprint density at radius 1 is 1.59 bits per heavy atom. The van der Waals surface area contributed by atoms with E-state index in [1.165, 1.54) is 0 Å². The Morgan fingerprint density at radius 3 is 2.53 bits per heavy atom. The Bertz CT molecular complexity index is 423. The van der Waals surface area contributed by atoms with Crippen molar-refractivity contribution in [1.29, 1.82) is 0 Å². The van der Waals surface area contributed by atoms with Gasteiger partial charge >= 0.3 is 0 Å². The van der Waals surface area contributed by atoms with Crippen molar-refractivity contribution in [1.82, 2.24) is 15.1 Å². The Labute approximate surface area is 106 Å². The zero-order chi connectivity index (χ0) is 13.1. The van der Waals surface area contributed by atoms with E-state index in [1.54, 1.807) is 24.0 Å². The number of aryl methyl sites for hydroxylation is 1. The summed E-state index contributed by atoms with van der Waals surface area (Å²) in [5.74, 6) is -0.248. The van der Waals surface area contributed by atoms with E-state index in [9.17, 15) is 4.79 Å². The van der Waals surface area contributed by atoms with Crippen LogP contribution in [0.15, 0.2) is 12.3 Å². The normalized spacial score (nSPS) is 11.2. The quantitative estimate of drug-likeness (QED) is 0.769. The first-order valence-corrected chi connectivity index (χ1v) is 5.98. The molecule has 94 valence electrons. The van der Waals surface area contributed by atoms with E-state index in [0.717, 1.165) is 0 Å². The highest BCUT2D eigenvalue weighted by molar-refractivity contribution is 7.80. The summed E-state index contributed by atoms with van der Waals surface area (Å²) < 4.78 is 1.58. The van der Waals surface area contributed by atoms with Gasteiger partial charge in [0, 0.05) is 13.2 Å². The van der Waals surface area contributed by atoms with Gasteiger partial charge < -0.3 is 11.1 Å². The molecule has 0 atom stereocenters. The summed E-state index contributed by atoms with van der Waals surface area (Å²) in [5.41, 5.74) is 5.46. The molecular formula is C11H18N4OS. The number of amides is 1. The molecule has 0 radical (unpaired) electrons. The van der Waals surface area contributed by atoms with Crippen LogP contribution in [0.5, 0.6) is 0 Å². The molecule has 0 fully saturated rings. The molecule has 1 heterocycles. The van der Waals surface area contributed by atoms with Gasteiger partial charge in [-0.25, -0.2) is 0 Å². The minimum atomic E-state index is -0.621. The van der Waals surface area contributed by atoms with Gasteiger partial charge in [0.1, 0.15) is 5.69 Å². The molecule has 0 saturated heterocycles. The van der Waals surface area contributed by atoms with E-state index in [0.29, 0.717) is 23.5 Å². The molecule has 0 aliphatic heterocycles. The molecule has 6 heteroatoms. The molecule has 1 amide bonds. The minimum absolute atomic E-state index is 0.248. The molecule has 1 aromatic heterocycles. The Kier molecular flexibility index (Phi) is 4.22. The number of aromatic nitrogens is 2. The van der Waals surface area contributed by atoms with Crippen molar-refractivity contribution in [3.63, 3.8) is 0 Å². The number of rotatable bonds is 5. The summed E-state index contributed by atoms with van der Waals surface area (Å²) >= 11 is 5.04. The summed E-state index contributed by atoms with van der Waals surface area (Å²) in [7, 11) is 1.76. The zero-order valence-electron chi connectivity index (χ0n) is 10.4. The summed E-state index contributed by atoms with van der Waals surface area (Å²) in [6.45, 7) is 3.89. The lowest BCUT2D eigenvalue weighted by atomic mass is 9.92. The maximum absolute atomic E-state index is 12.0. The van der Waals surface area contributed by atoms with E-state index >= 15 is 0 Å². The molecule has 0 unspecified atom stereocenters. The highest BCUT2D eigenvalue weighted by Gasteiger charge is 2.32. The molecule has 1 rings (SSSR count). The van der Waals surface area contributed by atoms with Crippen molar-refractivity contribution in [3.8, 4) is 0 Å². The summed E-state index contributed by atoms with van der Waals surface area (Å²) in [6, 6.07) is 1.66. The lowest BCUT2D eigenvalue weighted by Gasteiger charge is -2.31. The molecule has 0 aromatic carbocycles. The second-order valence-electron chi connectivity index (χ2n) is 3.98. The van der Waals surface area contributed by atoms with Gasteiger partial charge in [-0.1, -0.05) is 26.1 Å². The third kappa shape index (κ3) is 2.82. The monoisotopic (exact) mass is 254 g/mol. The van der Waals surface area contributed by atoms with Crippen LogP contribution < -0.4 is 11.1 Å². The minimum Gasteiger partial charge on any atom is -0.391 e. The van der Waals surface area contributed by atoms with Crippen molar-refractivity contribution in [3.05, 3.63) is 18.0 Å². The van der Waals surface area contributed by atoms with Crippen molar-refractivity contribution in [2.75, 3.05) is 0 Å². The van der Waals surface area contributed by atoms with Crippen molar-refractivity contribution >= 4 is 23.1 Å². The largest absolute Gasteiger partial charge is 0.391 e. The second kappa shape index (κ2) is 5.27. The van der Waals surface area contributed by atoms with E-state index in [4.69, 9.17) is 18.0 Å². The van der Waals surface area contributed by atoms with Crippen LogP contribution in [-0.4, -0.2) is 26.2 Å². The summed E-state index contributed by atoms with van der Waals surface area (Å²) in [4.78, 5) is 12.3. The Morgan fingerprint density at radius 2 is 2.18 bits per heavy atom. The highest BCUT2D eigenvalue weighted by Crippen LogP contribution is 2.16. The maximum Gasteiger partial charge on any atom is 0.272 e. The molecule has 0 bridgehead atoms. The number of thiocarbonyl (C=S) groups is 1. The highest BCUT2D eigenvalue weighted by atomic mass is 32.1. The predicted octanol–water partition coefficient (Wildman–Crippen LogP) is 0.995. The van der Waals surface area contributed by atoms with Crippen LogP contribution in [0.4, 0.5) is 0 Å². The average Bonchev–Trinajstić information content (AvgIpc) is 2.72. The van der Waals surface area contributed by atoms with Crippen LogP contribution in [0.1, 0.15) is 37.2 Å². The number of nitrogens with one attached hydrogen (secondary N) is 1. The topological polar surface area (TPSA) is 72.9 Å². The third-order valence-corrected chi connectivity index (χ3v) is 3.37. The molecule has 0 aliphatic carbocycles. The van der Waals surface area contributed by atoms with Gasteiger partial charge in [-0.2, -0.15) is 5.10 Å². The molecular weight excluding hydrogens is 236 g/mol. The van der Waals surface area contributed by atoms with Gasteiger partial charge in [0.15, 0.2) is 0 Å². The average molecular weight is 254 g/mol. The lowest BCUT2D eigenvalue weighted by Crippen LogP contribution is -2.56. The molecule has 0 aliphatic rings. The van der Waals surface area contributed by atoms with Crippen LogP contribution >= 0.6 is 12.2 Å². The third-order valence-electron chi connectivity index (χ3n) is 2.98. The van der Waals surface area contributed by atoms with Gasteiger partial charge in [0.2, 0.25) is 0 Å². The molecule has 5 nitrogen and oxygen atoms in total. The van der Waals surface area contributed by atoms with Gasteiger partial charge in [-0.05, 0) is 18.9 Å². The van der Waals surface area contributed by atoms with E-state index in [1.807, 2.05) is 13.8 Å². The van der Waals surface area contributed by atoms with E-state index in [-0.39, 0.29) is 5.91 Å². The van der Waals surface area contributed by atoms with Crippen molar-refractivity contribution in [2.24, 2.45) is 12.8 Å².